The molecule has 0 amide bonds. The van der Waals surface area contributed by atoms with Crippen LogP contribution in [0.25, 0.3) is 0 Å². The first-order valence-corrected chi connectivity index (χ1v) is 24.4. The van der Waals surface area contributed by atoms with Gasteiger partial charge in [0.25, 0.3) is 0 Å². The second-order valence-electron chi connectivity index (χ2n) is 17.4. The Bertz CT molecular complexity index is 803. The summed E-state index contributed by atoms with van der Waals surface area (Å²) >= 11 is 0. The van der Waals surface area contributed by atoms with Gasteiger partial charge in [0.15, 0.2) is 0 Å². The minimum atomic E-state index is -0.0439. The molecule has 0 aromatic carbocycles. The maximum Gasteiger partial charge on any atom is 0.308 e. The van der Waals surface area contributed by atoms with Crippen LogP contribution in [0.15, 0.2) is 0 Å². The minimum absolute atomic E-state index is 0.0369. The van der Waals surface area contributed by atoms with E-state index in [0.29, 0.717) is 44.5 Å². The lowest BCUT2D eigenvalue weighted by Crippen LogP contribution is -2.21. The molecule has 7 heteroatoms. The van der Waals surface area contributed by atoms with Crippen molar-refractivity contribution in [2.24, 2.45) is 17.8 Å². The summed E-state index contributed by atoms with van der Waals surface area (Å²) in [4.78, 5) is 39.9. The van der Waals surface area contributed by atoms with Crippen LogP contribution in [0.1, 0.15) is 240 Å². The van der Waals surface area contributed by atoms with Gasteiger partial charge in [0.1, 0.15) is 0 Å². The van der Waals surface area contributed by atoms with Gasteiger partial charge in [-0.25, -0.2) is 0 Å². The SMILES string of the molecule is CCCCCC(CCCCC)CCOC(=O)CCCCCCCC(CCCCCCCC(=O)OCCC(CCCCC)CCCCC)C(=O)OCCCN(C)C. The maximum absolute atomic E-state index is 13.1. The van der Waals surface area contributed by atoms with Gasteiger partial charge in [-0.15, -0.1) is 0 Å². The number of carbonyl (C=O) groups excluding carboxylic acids is 3. The lowest BCUT2D eigenvalue weighted by Gasteiger charge is -2.17. The van der Waals surface area contributed by atoms with Gasteiger partial charge in [0, 0.05) is 19.4 Å². The van der Waals surface area contributed by atoms with Gasteiger partial charge >= 0.3 is 17.9 Å². The smallest absolute Gasteiger partial charge is 0.308 e. The van der Waals surface area contributed by atoms with Gasteiger partial charge in [-0.3, -0.25) is 14.4 Å². The molecule has 0 N–H and O–H groups in total. The molecule has 332 valence electrons. The van der Waals surface area contributed by atoms with Crippen molar-refractivity contribution in [3.05, 3.63) is 0 Å². The van der Waals surface area contributed by atoms with E-state index in [1.807, 2.05) is 14.1 Å². The molecule has 0 bridgehead atoms. The number of esters is 3. The van der Waals surface area contributed by atoms with Crippen LogP contribution < -0.4 is 0 Å². The van der Waals surface area contributed by atoms with Gasteiger partial charge in [0.2, 0.25) is 0 Å². The Kier molecular flexibility index (Phi) is 40.3. The van der Waals surface area contributed by atoms with Crippen molar-refractivity contribution in [2.75, 3.05) is 40.5 Å². The van der Waals surface area contributed by atoms with E-state index >= 15 is 0 Å². The van der Waals surface area contributed by atoms with Gasteiger partial charge in [-0.1, -0.05) is 182 Å². The number of ether oxygens (including phenoxy) is 3. The average Bonchev–Trinajstić information content (AvgIpc) is 3.17. The summed E-state index contributed by atoms with van der Waals surface area (Å²) in [5.41, 5.74) is 0. The molecule has 0 heterocycles. The first-order valence-electron chi connectivity index (χ1n) is 24.4. The molecule has 0 aliphatic heterocycles. The van der Waals surface area contributed by atoms with Crippen molar-refractivity contribution in [3.63, 3.8) is 0 Å². The van der Waals surface area contributed by atoms with Crippen LogP contribution in [0.4, 0.5) is 0 Å². The van der Waals surface area contributed by atoms with Crippen LogP contribution in [0.2, 0.25) is 0 Å². The van der Waals surface area contributed by atoms with E-state index in [1.165, 1.54) is 103 Å². The van der Waals surface area contributed by atoms with Crippen LogP contribution in [0, 0.1) is 17.8 Å². The molecule has 0 radical (unpaired) electrons. The van der Waals surface area contributed by atoms with Crippen molar-refractivity contribution < 1.29 is 28.6 Å². The van der Waals surface area contributed by atoms with Crippen LogP contribution in [0.5, 0.6) is 0 Å². The fourth-order valence-electron chi connectivity index (χ4n) is 7.85. The Balaban J connectivity index is 4.36. The van der Waals surface area contributed by atoms with E-state index in [4.69, 9.17) is 14.2 Å². The van der Waals surface area contributed by atoms with Crippen LogP contribution in [-0.4, -0.2) is 63.3 Å². The normalized spacial score (nSPS) is 11.7. The largest absolute Gasteiger partial charge is 0.466 e. The molecule has 0 fully saturated rings. The monoisotopic (exact) mass is 794 g/mol. The highest BCUT2D eigenvalue weighted by molar-refractivity contribution is 5.72. The summed E-state index contributed by atoms with van der Waals surface area (Å²) in [6.45, 7) is 11.6. The standard InChI is InChI=1S/C49H95NO6/c1-7-11-21-30-44(31-22-12-8-2)38-42-54-47(51)36-27-19-15-17-25-34-46(49(53)56-41-29-40-50(5)6)35-26-18-16-20-28-37-48(52)55-43-39-45(32-23-13-9-3)33-24-14-10-4/h44-46H,7-43H2,1-6H3. The summed E-state index contributed by atoms with van der Waals surface area (Å²) in [6, 6.07) is 0. The highest BCUT2D eigenvalue weighted by Crippen LogP contribution is 2.24. The molecule has 0 rings (SSSR count). The average molecular weight is 794 g/mol. The summed E-state index contributed by atoms with van der Waals surface area (Å²) < 4.78 is 17.0. The first kappa shape index (κ1) is 54.4. The third-order valence-corrected chi connectivity index (χ3v) is 11.6. The molecule has 0 spiro atoms. The maximum atomic E-state index is 13.1. The predicted molar refractivity (Wildman–Crippen MR) is 237 cm³/mol. The van der Waals surface area contributed by atoms with Gasteiger partial charge in [-0.05, 0) is 70.9 Å². The molecular formula is C49H95NO6. The van der Waals surface area contributed by atoms with Crippen molar-refractivity contribution in [1.82, 2.24) is 4.90 Å². The number of hydrogen-bond acceptors (Lipinski definition) is 7. The number of carbonyl (C=O) groups is 3. The molecule has 0 aliphatic rings. The Morgan fingerprint density at radius 2 is 0.750 bits per heavy atom. The highest BCUT2D eigenvalue weighted by atomic mass is 16.5. The number of rotatable bonds is 43. The summed E-state index contributed by atoms with van der Waals surface area (Å²) in [7, 11) is 4.08. The fourth-order valence-corrected chi connectivity index (χ4v) is 7.85. The van der Waals surface area contributed by atoms with Crippen molar-refractivity contribution in [2.45, 2.75) is 240 Å². The quantitative estimate of drug-likeness (QED) is 0.0345. The molecular weight excluding hydrogens is 699 g/mol. The zero-order valence-corrected chi connectivity index (χ0v) is 38.3. The molecule has 0 aromatic heterocycles. The van der Waals surface area contributed by atoms with Gasteiger partial charge in [-0.2, -0.15) is 0 Å². The predicted octanol–water partition coefficient (Wildman–Crippen LogP) is 14.0. The van der Waals surface area contributed by atoms with Gasteiger partial charge < -0.3 is 19.1 Å². The van der Waals surface area contributed by atoms with Crippen molar-refractivity contribution in [1.29, 1.82) is 0 Å². The Hall–Kier alpha value is -1.63. The number of hydrogen-bond donors (Lipinski definition) is 0. The molecule has 0 aromatic rings. The minimum Gasteiger partial charge on any atom is -0.466 e. The van der Waals surface area contributed by atoms with E-state index < -0.39 is 0 Å². The van der Waals surface area contributed by atoms with Crippen molar-refractivity contribution in [3.8, 4) is 0 Å². The number of unbranched alkanes of at least 4 members (excludes halogenated alkanes) is 16. The number of nitrogens with zero attached hydrogens (tertiary/aromatic N) is 1. The second kappa shape index (κ2) is 41.5. The van der Waals surface area contributed by atoms with Gasteiger partial charge in [0.05, 0.1) is 25.7 Å². The highest BCUT2D eigenvalue weighted by Gasteiger charge is 2.20. The molecule has 0 saturated heterocycles. The Labute approximate surface area is 348 Å². The Morgan fingerprint density at radius 1 is 0.393 bits per heavy atom. The Morgan fingerprint density at radius 3 is 1.12 bits per heavy atom. The zero-order valence-electron chi connectivity index (χ0n) is 38.3. The van der Waals surface area contributed by atoms with E-state index in [0.717, 1.165) is 103 Å². The first-order chi connectivity index (χ1) is 27.3. The van der Waals surface area contributed by atoms with E-state index in [1.54, 1.807) is 0 Å². The fraction of sp³-hybridized carbons (Fsp3) is 0.939. The van der Waals surface area contributed by atoms with E-state index in [-0.39, 0.29) is 23.8 Å². The molecule has 0 unspecified atom stereocenters. The van der Waals surface area contributed by atoms with E-state index in [9.17, 15) is 14.4 Å². The lowest BCUT2D eigenvalue weighted by atomic mass is 9.92. The zero-order chi connectivity index (χ0) is 41.3. The summed E-state index contributed by atoms with van der Waals surface area (Å²) in [5, 5.41) is 0. The van der Waals surface area contributed by atoms with Crippen LogP contribution in [0.3, 0.4) is 0 Å². The topological polar surface area (TPSA) is 82.1 Å². The van der Waals surface area contributed by atoms with Crippen LogP contribution in [-0.2, 0) is 28.6 Å². The van der Waals surface area contributed by atoms with Crippen molar-refractivity contribution >= 4 is 17.9 Å². The molecule has 0 atom stereocenters. The summed E-state index contributed by atoms with van der Waals surface area (Å²) in [6.07, 6.45) is 36.2. The third kappa shape index (κ3) is 36.7. The lowest BCUT2D eigenvalue weighted by molar-refractivity contribution is -0.149. The molecule has 56 heavy (non-hydrogen) atoms. The summed E-state index contributed by atoms with van der Waals surface area (Å²) in [5.74, 6) is 1.21. The molecule has 0 saturated carbocycles. The molecule has 7 nitrogen and oxygen atoms in total. The third-order valence-electron chi connectivity index (χ3n) is 11.6. The molecule has 0 aliphatic carbocycles. The second-order valence-corrected chi connectivity index (χ2v) is 17.4. The van der Waals surface area contributed by atoms with Crippen LogP contribution >= 0.6 is 0 Å². The van der Waals surface area contributed by atoms with E-state index in [2.05, 4.69) is 32.6 Å².